The first-order chi connectivity index (χ1) is 10.2. The minimum Gasteiger partial charge on any atom is -0.384 e. The Balaban J connectivity index is 2.20. The number of aliphatic hydroxyl groups is 1. The minimum absolute atomic E-state index is 0.124. The van der Waals surface area contributed by atoms with Crippen LogP contribution in [0.4, 0.5) is 5.69 Å². The van der Waals surface area contributed by atoms with E-state index in [-0.39, 0.29) is 12.5 Å². The summed E-state index contributed by atoms with van der Waals surface area (Å²) < 4.78 is 0. The van der Waals surface area contributed by atoms with E-state index >= 15 is 0 Å². The molecule has 0 spiro atoms. The van der Waals surface area contributed by atoms with Crippen molar-refractivity contribution in [2.24, 2.45) is 0 Å². The van der Waals surface area contributed by atoms with Crippen LogP contribution in [-0.2, 0) is 6.42 Å². The fourth-order valence-corrected chi connectivity index (χ4v) is 2.81. The molecule has 0 aliphatic heterocycles. The zero-order valence-corrected chi connectivity index (χ0v) is 12.9. The van der Waals surface area contributed by atoms with Gasteiger partial charge in [0.05, 0.1) is 9.75 Å². The summed E-state index contributed by atoms with van der Waals surface area (Å²) in [5, 5.41) is 11.7. The normalized spacial score (nSPS) is 9.86. The van der Waals surface area contributed by atoms with Crippen LogP contribution < -0.4 is 5.32 Å². The van der Waals surface area contributed by atoms with Gasteiger partial charge in [-0.05, 0) is 36.6 Å². The number of aliphatic hydroxyl groups excluding tert-OH is 1. The van der Waals surface area contributed by atoms with Crippen LogP contribution in [0, 0.1) is 18.8 Å². The average Bonchev–Trinajstić information content (AvgIpc) is 2.96. The van der Waals surface area contributed by atoms with Crippen molar-refractivity contribution in [1.29, 1.82) is 0 Å². The van der Waals surface area contributed by atoms with Gasteiger partial charge in [-0.25, -0.2) is 0 Å². The third kappa shape index (κ3) is 3.72. The third-order valence-electron chi connectivity index (χ3n) is 3.10. The quantitative estimate of drug-likeness (QED) is 0.855. The number of carbonyl (C=O) groups is 1. The highest BCUT2D eigenvalue weighted by Crippen LogP contribution is 2.23. The number of hydrogen-bond acceptors (Lipinski definition) is 3. The molecule has 2 N–H and O–H groups in total. The molecule has 0 aliphatic rings. The van der Waals surface area contributed by atoms with Gasteiger partial charge in [0, 0.05) is 5.69 Å². The second kappa shape index (κ2) is 7.07. The van der Waals surface area contributed by atoms with Crippen LogP contribution in [0.5, 0.6) is 0 Å². The molecule has 21 heavy (non-hydrogen) atoms. The molecule has 0 unspecified atom stereocenters. The topological polar surface area (TPSA) is 49.3 Å². The molecule has 3 nitrogen and oxygen atoms in total. The van der Waals surface area contributed by atoms with Crippen molar-refractivity contribution in [3.8, 4) is 11.8 Å². The Morgan fingerprint density at radius 1 is 1.33 bits per heavy atom. The van der Waals surface area contributed by atoms with Crippen molar-refractivity contribution >= 4 is 22.9 Å². The van der Waals surface area contributed by atoms with Crippen molar-refractivity contribution in [3.63, 3.8) is 0 Å². The Morgan fingerprint density at radius 3 is 2.86 bits per heavy atom. The first kappa shape index (κ1) is 15.3. The van der Waals surface area contributed by atoms with Crippen molar-refractivity contribution in [2.75, 3.05) is 11.9 Å². The molecule has 4 heteroatoms. The largest absolute Gasteiger partial charge is 0.384 e. The Kier molecular flexibility index (Phi) is 5.15. The van der Waals surface area contributed by atoms with E-state index in [0.29, 0.717) is 4.88 Å². The summed E-state index contributed by atoms with van der Waals surface area (Å²) >= 11 is 1.32. The Labute approximate surface area is 128 Å². The van der Waals surface area contributed by atoms with Crippen LogP contribution in [0.3, 0.4) is 0 Å². The lowest BCUT2D eigenvalue weighted by Crippen LogP contribution is -2.12. The zero-order chi connectivity index (χ0) is 15.2. The van der Waals surface area contributed by atoms with Gasteiger partial charge in [0.15, 0.2) is 0 Å². The molecular formula is C17H17NO2S. The number of rotatable bonds is 3. The van der Waals surface area contributed by atoms with Crippen LogP contribution in [0.15, 0.2) is 30.3 Å². The summed E-state index contributed by atoms with van der Waals surface area (Å²) in [4.78, 5) is 13.7. The molecule has 108 valence electrons. The molecule has 2 aromatic rings. The lowest BCUT2D eigenvalue weighted by Gasteiger charge is -2.12. The zero-order valence-electron chi connectivity index (χ0n) is 12.1. The van der Waals surface area contributed by atoms with E-state index in [1.807, 2.05) is 25.1 Å². The summed E-state index contributed by atoms with van der Waals surface area (Å²) in [5.74, 6) is 5.26. The van der Waals surface area contributed by atoms with Crippen LogP contribution in [0.25, 0.3) is 0 Å². The van der Waals surface area contributed by atoms with E-state index in [9.17, 15) is 4.79 Å². The van der Waals surface area contributed by atoms with Crippen LogP contribution in [-0.4, -0.2) is 17.6 Å². The van der Waals surface area contributed by atoms with E-state index in [0.717, 1.165) is 28.1 Å². The number of aryl methyl sites for hydroxylation is 2. The third-order valence-corrected chi connectivity index (χ3v) is 4.10. The molecule has 2 rings (SSSR count). The second-order valence-electron chi connectivity index (χ2n) is 4.54. The van der Waals surface area contributed by atoms with E-state index in [2.05, 4.69) is 24.1 Å². The summed E-state index contributed by atoms with van der Waals surface area (Å²) in [5.41, 5.74) is 3.07. The fraction of sp³-hybridized carbons (Fsp3) is 0.235. The molecule has 1 heterocycles. The monoisotopic (exact) mass is 299 g/mol. The van der Waals surface area contributed by atoms with E-state index in [1.54, 1.807) is 12.1 Å². The van der Waals surface area contributed by atoms with Gasteiger partial charge in [-0.1, -0.05) is 37.0 Å². The number of thiophene rings is 1. The number of carbonyl (C=O) groups excluding carboxylic acids is 1. The molecule has 0 bridgehead atoms. The molecule has 0 saturated heterocycles. The Morgan fingerprint density at radius 2 is 2.14 bits per heavy atom. The van der Waals surface area contributed by atoms with E-state index in [1.165, 1.54) is 11.3 Å². The smallest absolute Gasteiger partial charge is 0.265 e. The molecule has 1 aromatic carbocycles. The van der Waals surface area contributed by atoms with Crippen molar-refractivity contribution in [3.05, 3.63) is 51.2 Å². The second-order valence-corrected chi connectivity index (χ2v) is 5.62. The Hall–Kier alpha value is -2.09. The van der Waals surface area contributed by atoms with Gasteiger partial charge < -0.3 is 10.4 Å². The number of benzene rings is 1. The van der Waals surface area contributed by atoms with E-state index < -0.39 is 0 Å². The number of hydrogen-bond donors (Lipinski definition) is 2. The molecule has 0 fully saturated rings. The molecular weight excluding hydrogens is 282 g/mol. The van der Waals surface area contributed by atoms with Gasteiger partial charge in [-0.15, -0.1) is 11.3 Å². The molecule has 1 aromatic heterocycles. The molecule has 0 radical (unpaired) electrons. The van der Waals surface area contributed by atoms with Gasteiger partial charge in [0.2, 0.25) is 0 Å². The summed E-state index contributed by atoms with van der Waals surface area (Å²) in [6, 6.07) is 9.56. The standard InChI is InChI=1S/C17H17NO2S/c1-3-13-7-4-6-12(2)16(13)18-17(20)15-10-9-14(21-15)8-5-11-19/h4,6-7,9-10,19H,3,11H2,1-2H3,(H,18,20). The van der Waals surface area contributed by atoms with Gasteiger partial charge in [0.1, 0.15) is 6.61 Å². The van der Waals surface area contributed by atoms with Crippen LogP contribution >= 0.6 is 11.3 Å². The van der Waals surface area contributed by atoms with E-state index in [4.69, 9.17) is 5.11 Å². The highest BCUT2D eigenvalue weighted by molar-refractivity contribution is 7.14. The van der Waals surface area contributed by atoms with Crippen molar-refractivity contribution < 1.29 is 9.90 Å². The van der Waals surface area contributed by atoms with Gasteiger partial charge in [-0.2, -0.15) is 0 Å². The molecule has 0 saturated carbocycles. The maximum absolute atomic E-state index is 12.3. The van der Waals surface area contributed by atoms with Gasteiger partial charge in [0.25, 0.3) is 5.91 Å². The van der Waals surface area contributed by atoms with Crippen molar-refractivity contribution in [2.45, 2.75) is 20.3 Å². The minimum atomic E-state index is -0.178. The van der Waals surface area contributed by atoms with Gasteiger partial charge >= 0.3 is 0 Å². The van der Waals surface area contributed by atoms with Crippen molar-refractivity contribution in [1.82, 2.24) is 0 Å². The lowest BCUT2D eigenvalue weighted by molar-refractivity contribution is 0.103. The maximum atomic E-state index is 12.3. The fourth-order valence-electron chi connectivity index (χ4n) is 2.03. The highest BCUT2D eigenvalue weighted by atomic mass is 32.1. The Bertz CT molecular complexity index is 707. The first-order valence-corrected chi connectivity index (χ1v) is 7.56. The summed E-state index contributed by atoms with van der Waals surface area (Å²) in [6.45, 7) is 3.88. The number of nitrogens with one attached hydrogen (secondary N) is 1. The maximum Gasteiger partial charge on any atom is 0.265 e. The summed E-state index contributed by atoms with van der Waals surface area (Å²) in [7, 11) is 0. The first-order valence-electron chi connectivity index (χ1n) is 6.75. The molecule has 0 atom stereocenters. The number of para-hydroxylation sites is 1. The predicted molar refractivity (Wildman–Crippen MR) is 86.8 cm³/mol. The number of anilines is 1. The van der Waals surface area contributed by atoms with Gasteiger partial charge in [-0.3, -0.25) is 4.79 Å². The SMILES string of the molecule is CCc1cccc(C)c1NC(=O)c1ccc(C#CCO)s1. The van der Waals surface area contributed by atoms with Crippen LogP contribution in [0.1, 0.15) is 32.6 Å². The average molecular weight is 299 g/mol. The highest BCUT2D eigenvalue weighted by Gasteiger charge is 2.12. The molecule has 0 aliphatic carbocycles. The lowest BCUT2D eigenvalue weighted by atomic mass is 10.1. The number of amides is 1. The predicted octanol–water partition coefficient (Wildman–Crippen LogP) is 3.22. The van der Waals surface area contributed by atoms with Crippen LogP contribution in [0.2, 0.25) is 0 Å². The molecule has 1 amide bonds. The summed E-state index contributed by atoms with van der Waals surface area (Å²) in [6.07, 6.45) is 0.870.